The first-order valence-electron chi connectivity index (χ1n) is 6.93. The fraction of sp³-hybridized carbons (Fsp3) is 0.533. The highest BCUT2D eigenvalue weighted by Crippen LogP contribution is 2.50. The van der Waals surface area contributed by atoms with Crippen LogP contribution in [0.1, 0.15) is 27.2 Å². The van der Waals surface area contributed by atoms with E-state index in [1.54, 1.807) is 6.07 Å². The monoisotopic (exact) mass is 312 g/mol. The molecular formula is C15H21ClN2O3. The highest BCUT2D eigenvalue weighted by atomic mass is 35.5. The second kappa shape index (κ2) is 5.48. The standard InChI is InChI=1S/C15H21ClN2O3/c1-4-21-12-8-15(17,14(12,2)3)13(20)18-9-5-6-11(19)10(16)7-9/h5-7,12,19H,4,8,17H2,1-3H3,(H,18,20). The zero-order valence-electron chi connectivity index (χ0n) is 12.4. The number of anilines is 1. The summed E-state index contributed by atoms with van der Waals surface area (Å²) in [6.45, 7) is 6.38. The molecule has 2 rings (SSSR count). The number of aromatic hydroxyl groups is 1. The molecule has 0 heterocycles. The van der Waals surface area contributed by atoms with Gasteiger partial charge in [-0.2, -0.15) is 0 Å². The van der Waals surface area contributed by atoms with Crippen LogP contribution < -0.4 is 11.1 Å². The van der Waals surface area contributed by atoms with Gasteiger partial charge in [-0.15, -0.1) is 0 Å². The molecule has 6 heteroatoms. The van der Waals surface area contributed by atoms with Crippen molar-refractivity contribution in [2.45, 2.75) is 38.8 Å². The topological polar surface area (TPSA) is 84.6 Å². The van der Waals surface area contributed by atoms with Crippen molar-refractivity contribution in [3.05, 3.63) is 23.2 Å². The van der Waals surface area contributed by atoms with Crippen molar-refractivity contribution in [2.24, 2.45) is 11.1 Å². The highest BCUT2D eigenvalue weighted by molar-refractivity contribution is 6.32. The van der Waals surface area contributed by atoms with Crippen molar-refractivity contribution >= 4 is 23.2 Å². The Morgan fingerprint density at radius 1 is 1.57 bits per heavy atom. The fourth-order valence-electron chi connectivity index (χ4n) is 2.65. The van der Waals surface area contributed by atoms with E-state index in [2.05, 4.69) is 5.32 Å². The number of hydrogen-bond donors (Lipinski definition) is 3. The lowest BCUT2D eigenvalue weighted by molar-refractivity contribution is -0.166. The number of phenols is 1. The van der Waals surface area contributed by atoms with E-state index in [4.69, 9.17) is 22.1 Å². The Balaban J connectivity index is 2.12. The normalized spacial score (nSPS) is 27.0. The Kier molecular flexibility index (Phi) is 4.19. The van der Waals surface area contributed by atoms with Crippen LogP contribution in [-0.4, -0.2) is 29.3 Å². The van der Waals surface area contributed by atoms with Gasteiger partial charge in [0.25, 0.3) is 0 Å². The molecule has 1 amide bonds. The summed E-state index contributed by atoms with van der Waals surface area (Å²) < 4.78 is 5.61. The summed E-state index contributed by atoms with van der Waals surface area (Å²) in [5, 5.41) is 12.3. The molecule has 1 fully saturated rings. The molecule has 1 saturated carbocycles. The minimum atomic E-state index is -0.989. The zero-order chi connectivity index (χ0) is 15.8. The number of hydrogen-bond acceptors (Lipinski definition) is 4. The number of carbonyl (C=O) groups excluding carboxylic acids is 1. The van der Waals surface area contributed by atoms with E-state index in [1.807, 2.05) is 20.8 Å². The van der Waals surface area contributed by atoms with Crippen molar-refractivity contribution in [3.63, 3.8) is 0 Å². The molecule has 4 N–H and O–H groups in total. The summed E-state index contributed by atoms with van der Waals surface area (Å²) in [7, 11) is 0. The summed E-state index contributed by atoms with van der Waals surface area (Å²) in [5.41, 5.74) is 5.35. The predicted molar refractivity (Wildman–Crippen MR) is 82.5 cm³/mol. The van der Waals surface area contributed by atoms with E-state index in [9.17, 15) is 9.90 Å². The van der Waals surface area contributed by atoms with Gasteiger partial charge >= 0.3 is 0 Å². The van der Waals surface area contributed by atoms with Crippen LogP contribution in [0.25, 0.3) is 0 Å². The number of amides is 1. The minimum Gasteiger partial charge on any atom is -0.506 e. The summed E-state index contributed by atoms with van der Waals surface area (Å²) in [5.74, 6) is -0.303. The number of nitrogens with two attached hydrogens (primary N) is 1. The van der Waals surface area contributed by atoms with Crippen LogP contribution in [0.5, 0.6) is 5.75 Å². The number of benzene rings is 1. The molecule has 1 aromatic rings. The lowest BCUT2D eigenvalue weighted by Gasteiger charge is -2.57. The van der Waals surface area contributed by atoms with Crippen molar-refractivity contribution in [2.75, 3.05) is 11.9 Å². The van der Waals surface area contributed by atoms with Gasteiger partial charge in [-0.25, -0.2) is 0 Å². The third-order valence-corrected chi connectivity index (χ3v) is 4.74. The van der Waals surface area contributed by atoms with Gasteiger partial charge in [-0.1, -0.05) is 25.4 Å². The van der Waals surface area contributed by atoms with Crippen LogP contribution in [0.3, 0.4) is 0 Å². The van der Waals surface area contributed by atoms with E-state index in [1.165, 1.54) is 12.1 Å². The van der Waals surface area contributed by atoms with E-state index in [0.29, 0.717) is 18.7 Å². The Morgan fingerprint density at radius 3 is 2.76 bits per heavy atom. The lowest BCUT2D eigenvalue weighted by atomic mass is 9.54. The average Bonchev–Trinajstić information content (AvgIpc) is 2.42. The number of rotatable bonds is 4. The molecule has 5 nitrogen and oxygen atoms in total. The first-order chi connectivity index (χ1) is 9.72. The molecule has 0 bridgehead atoms. The van der Waals surface area contributed by atoms with Gasteiger partial charge in [0.15, 0.2) is 0 Å². The van der Waals surface area contributed by atoms with Crippen molar-refractivity contribution in [1.82, 2.24) is 0 Å². The third-order valence-electron chi connectivity index (χ3n) is 4.44. The van der Waals surface area contributed by atoms with Gasteiger partial charge in [-0.3, -0.25) is 4.79 Å². The molecule has 21 heavy (non-hydrogen) atoms. The Hall–Kier alpha value is -1.30. The third kappa shape index (κ3) is 2.61. The van der Waals surface area contributed by atoms with Gasteiger partial charge in [0.05, 0.1) is 11.1 Å². The first kappa shape index (κ1) is 16.1. The summed E-state index contributed by atoms with van der Waals surface area (Å²) >= 11 is 5.83. The molecule has 1 aliphatic rings. The van der Waals surface area contributed by atoms with Gasteiger partial charge in [-0.05, 0) is 25.1 Å². The molecule has 116 valence electrons. The maximum atomic E-state index is 12.5. The van der Waals surface area contributed by atoms with Crippen LogP contribution in [-0.2, 0) is 9.53 Å². The minimum absolute atomic E-state index is 0.0262. The van der Waals surface area contributed by atoms with Gasteiger partial charge in [0.2, 0.25) is 5.91 Å². The molecule has 0 radical (unpaired) electrons. The van der Waals surface area contributed by atoms with Gasteiger partial charge < -0.3 is 20.9 Å². The Bertz CT molecular complexity index is 562. The van der Waals surface area contributed by atoms with Crippen molar-refractivity contribution < 1.29 is 14.6 Å². The predicted octanol–water partition coefficient (Wildman–Crippen LogP) is 2.52. The zero-order valence-corrected chi connectivity index (χ0v) is 13.2. The molecule has 1 aliphatic carbocycles. The second-order valence-electron chi connectivity index (χ2n) is 5.96. The molecule has 0 spiro atoms. The molecule has 2 unspecified atom stereocenters. The summed E-state index contributed by atoms with van der Waals surface area (Å²) in [4.78, 5) is 12.5. The SMILES string of the molecule is CCOC1CC(N)(C(=O)Nc2ccc(O)c(Cl)c2)C1(C)C. The Morgan fingerprint density at radius 2 is 2.24 bits per heavy atom. The van der Waals surface area contributed by atoms with Crippen LogP contribution >= 0.6 is 11.6 Å². The lowest BCUT2D eigenvalue weighted by Crippen LogP contribution is -2.74. The maximum absolute atomic E-state index is 12.5. The van der Waals surface area contributed by atoms with Crippen molar-refractivity contribution in [3.8, 4) is 5.75 Å². The van der Waals surface area contributed by atoms with Crippen LogP contribution in [0.15, 0.2) is 18.2 Å². The van der Waals surface area contributed by atoms with Crippen LogP contribution in [0.4, 0.5) is 5.69 Å². The van der Waals surface area contributed by atoms with E-state index in [-0.39, 0.29) is 22.8 Å². The fourth-order valence-corrected chi connectivity index (χ4v) is 2.83. The second-order valence-corrected chi connectivity index (χ2v) is 6.37. The summed E-state index contributed by atoms with van der Waals surface area (Å²) in [6.07, 6.45) is 0.451. The first-order valence-corrected chi connectivity index (χ1v) is 7.30. The molecule has 2 atom stereocenters. The summed E-state index contributed by atoms with van der Waals surface area (Å²) in [6, 6.07) is 4.49. The Labute approximate surface area is 129 Å². The van der Waals surface area contributed by atoms with Crippen LogP contribution in [0.2, 0.25) is 5.02 Å². The number of phenolic OH excluding ortho intramolecular Hbond substituents is 1. The van der Waals surface area contributed by atoms with Crippen molar-refractivity contribution in [1.29, 1.82) is 0 Å². The molecule has 0 saturated heterocycles. The van der Waals surface area contributed by atoms with E-state index < -0.39 is 11.0 Å². The molecule has 0 aromatic heterocycles. The van der Waals surface area contributed by atoms with Gasteiger partial charge in [0, 0.05) is 24.1 Å². The number of ether oxygens (including phenoxy) is 1. The number of carbonyl (C=O) groups is 1. The number of halogens is 1. The number of nitrogens with one attached hydrogen (secondary N) is 1. The molecule has 0 aliphatic heterocycles. The van der Waals surface area contributed by atoms with E-state index in [0.717, 1.165) is 0 Å². The molecular weight excluding hydrogens is 292 g/mol. The smallest absolute Gasteiger partial charge is 0.245 e. The van der Waals surface area contributed by atoms with E-state index >= 15 is 0 Å². The maximum Gasteiger partial charge on any atom is 0.245 e. The van der Waals surface area contributed by atoms with Gasteiger partial charge in [0.1, 0.15) is 11.3 Å². The largest absolute Gasteiger partial charge is 0.506 e. The quantitative estimate of drug-likeness (QED) is 0.746. The highest BCUT2D eigenvalue weighted by Gasteiger charge is 2.62. The van der Waals surface area contributed by atoms with Crippen LogP contribution in [0, 0.1) is 5.41 Å². The molecule has 1 aromatic carbocycles. The average molecular weight is 313 g/mol.